The summed E-state index contributed by atoms with van der Waals surface area (Å²) in [6, 6.07) is 0. The van der Waals surface area contributed by atoms with Crippen LogP contribution in [-0.2, 0) is 14.5 Å². The molecule has 0 aliphatic heterocycles. The van der Waals surface area contributed by atoms with Crippen molar-refractivity contribution in [3.8, 4) is 0 Å². The molecule has 0 saturated carbocycles. The molecule has 0 aromatic carbocycles. The molecule has 0 fully saturated rings. The van der Waals surface area contributed by atoms with Gasteiger partial charge in [-0.05, 0) is 6.92 Å². The first-order valence-corrected chi connectivity index (χ1v) is 5.09. The van der Waals surface area contributed by atoms with Crippen LogP contribution in [0, 0.1) is 0 Å². The molecule has 0 amide bonds. The molecule has 0 aliphatic rings. The van der Waals surface area contributed by atoms with E-state index in [1.165, 1.54) is 4.31 Å². The molecule has 0 rings (SSSR count). The molecular weight excluding hydrogens is 166 g/mol. The first kappa shape index (κ1) is 10.9. The minimum Gasteiger partial charge on any atom is -0.258 e. The second-order valence-electron chi connectivity index (χ2n) is 1.95. The Morgan fingerprint density at radius 3 is 1.91 bits per heavy atom. The molecule has 0 aromatic heterocycles. The van der Waals surface area contributed by atoms with Gasteiger partial charge in [0.05, 0.1) is 6.61 Å². The van der Waals surface area contributed by atoms with Crippen molar-refractivity contribution in [3.05, 3.63) is 0 Å². The Bertz CT molecular complexity index is 184. The highest BCUT2D eigenvalue weighted by Gasteiger charge is 2.17. The summed E-state index contributed by atoms with van der Waals surface area (Å²) in [5.74, 6) is 0. The molecule has 0 radical (unpaired) electrons. The van der Waals surface area contributed by atoms with Crippen LogP contribution in [0.15, 0.2) is 0 Å². The van der Waals surface area contributed by atoms with Crippen molar-refractivity contribution in [3.63, 3.8) is 0 Å². The summed E-state index contributed by atoms with van der Waals surface area (Å²) in [6.07, 6.45) is 0. The van der Waals surface area contributed by atoms with E-state index in [2.05, 4.69) is 4.18 Å². The average Bonchev–Trinajstić information content (AvgIpc) is 1.89. The highest BCUT2D eigenvalue weighted by Crippen LogP contribution is 2.01. The highest BCUT2D eigenvalue weighted by atomic mass is 32.2. The number of hydrogen-bond donors (Lipinski definition) is 0. The van der Waals surface area contributed by atoms with Gasteiger partial charge in [-0.15, -0.1) is 0 Å². The van der Waals surface area contributed by atoms with Gasteiger partial charge in [0, 0.05) is 13.1 Å². The fourth-order valence-electron chi connectivity index (χ4n) is 0.763. The van der Waals surface area contributed by atoms with Crippen LogP contribution in [0.5, 0.6) is 0 Å². The van der Waals surface area contributed by atoms with Gasteiger partial charge >= 0.3 is 10.3 Å². The van der Waals surface area contributed by atoms with E-state index in [0.29, 0.717) is 13.1 Å². The summed E-state index contributed by atoms with van der Waals surface area (Å²) in [4.78, 5) is 0. The lowest BCUT2D eigenvalue weighted by molar-refractivity contribution is 0.286. The van der Waals surface area contributed by atoms with Crippen LogP contribution in [0.1, 0.15) is 20.8 Å². The third kappa shape index (κ3) is 3.18. The van der Waals surface area contributed by atoms with Gasteiger partial charge in [-0.1, -0.05) is 13.8 Å². The van der Waals surface area contributed by atoms with Crippen LogP contribution in [0.4, 0.5) is 0 Å². The third-order valence-corrected chi connectivity index (χ3v) is 2.97. The molecular formula is C6H15NO3S. The van der Waals surface area contributed by atoms with Crippen LogP contribution >= 0.6 is 0 Å². The SMILES string of the molecule is CCOS(=O)(=O)N(CC)CC. The Morgan fingerprint density at radius 1 is 1.18 bits per heavy atom. The van der Waals surface area contributed by atoms with Crippen LogP contribution in [0.3, 0.4) is 0 Å². The fourth-order valence-corrected chi connectivity index (χ4v) is 1.84. The Hall–Kier alpha value is -0.130. The van der Waals surface area contributed by atoms with Gasteiger partial charge in [-0.3, -0.25) is 4.18 Å². The largest absolute Gasteiger partial charge is 0.338 e. The van der Waals surface area contributed by atoms with Gasteiger partial charge < -0.3 is 0 Å². The standard InChI is InChI=1S/C6H15NO3S/c1-4-7(5-2)11(8,9)10-6-3/h4-6H2,1-3H3. The molecule has 0 N–H and O–H groups in total. The van der Waals surface area contributed by atoms with Crippen molar-refractivity contribution < 1.29 is 12.6 Å². The smallest absolute Gasteiger partial charge is 0.258 e. The van der Waals surface area contributed by atoms with E-state index in [1.54, 1.807) is 20.8 Å². The zero-order valence-corrected chi connectivity index (χ0v) is 8.02. The predicted octanol–water partition coefficient (Wildman–Crippen LogP) is 0.609. The second kappa shape index (κ2) is 4.69. The molecule has 0 heterocycles. The third-order valence-electron chi connectivity index (χ3n) is 1.29. The average molecular weight is 181 g/mol. The normalized spacial score (nSPS) is 12.4. The van der Waals surface area contributed by atoms with Crippen molar-refractivity contribution in [2.24, 2.45) is 0 Å². The Morgan fingerprint density at radius 2 is 1.64 bits per heavy atom. The lowest BCUT2D eigenvalue weighted by Gasteiger charge is -2.16. The van der Waals surface area contributed by atoms with Gasteiger partial charge in [-0.25, -0.2) is 0 Å². The first-order valence-electron chi connectivity index (χ1n) is 3.73. The monoisotopic (exact) mass is 181 g/mol. The van der Waals surface area contributed by atoms with Gasteiger partial charge in [-0.2, -0.15) is 12.7 Å². The second-order valence-corrected chi connectivity index (χ2v) is 3.56. The van der Waals surface area contributed by atoms with Crippen LogP contribution in [-0.4, -0.2) is 32.4 Å². The van der Waals surface area contributed by atoms with E-state index in [4.69, 9.17) is 0 Å². The van der Waals surface area contributed by atoms with E-state index in [0.717, 1.165) is 0 Å². The van der Waals surface area contributed by atoms with Gasteiger partial charge in [0.1, 0.15) is 0 Å². The lowest BCUT2D eigenvalue weighted by Crippen LogP contribution is -2.32. The van der Waals surface area contributed by atoms with Crippen molar-refractivity contribution in [2.45, 2.75) is 20.8 Å². The van der Waals surface area contributed by atoms with E-state index >= 15 is 0 Å². The quantitative estimate of drug-likeness (QED) is 0.624. The minimum absolute atomic E-state index is 0.193. The summed E-state index contributed by atoms with van der Waals surface area (Å²) >= 11 is 0. The molecule has 0 aliphatic carbocycles. The molecule has 0 atom stereocenters. The van der Waals surface area contributed by atoms with E-state index in [-0.39, 0.29) is 6.61 Å². The van der Waals surface area contributed by atoms with Crippen molar-refractivity contribution in [1.29, 1.82) is 0 Å². The first-order chi connectivity index (χ1) is 5.08. The summed E-state index contributed by atoms with van der Waals surface area (Å²) in [5, 5.41) is 0. The van der Waals surface area contributed by atoms with E-state index in [1.807, 2.05) is 0 Å². The maximum absolute atomic E-state index is 11.1. The topological polar surface area (TPSA) is 46.6 Å². The van der Waals surface area contributed by atoms with Crippen LogP contribution in [0.25, 0.3) is 0 Å². The van der Waals surface area contributed by atoms with Crippen molar-refractivity contribution in [1.82, 2.24) is 4.31 Å². The summed E-state index contributed by atoms with van der Waals surface area (Å²) in [5.41, 5.74) is 0. The molecule has 0 saturated heterocycles. The zero-order chi connectivity index (χ0) is 8.91. The number of rotatable bonds is 5. The Balaban J connectivity index is 4.26. The molecule has 5 heteroatoms. The van der Waals surface area contributed by atoms with E-state index in [9.17, 15) is 8.42 Å². The fraction of sp³-hybridized carbons (Fsp3) is 1.00. The lowest BCUT2D eigenvalue weighted by atomic mass is 10.7. The Labute approximate surface area is 68.4 Å². The summed E-state index contributed by atoms with van der Waals surface area (Å²) < 4.78 is 28.0. The molecule has 4 nitrogen and oxygen atoms in total. The van der Waals surface area contributed by atoms with Gasteiger partial charge in [0.15, 0.2) is 0 Å². The van der Waals surface area contributed by atoms with Crippen molar-refractivity contribution in [2.75, 3.05) is 19.7 Å². The van der Waals surface area contributed by atoms with Gasteiger partial charge in [0.2, 0.25) is 0 Å². The molecule has 0 spiro atoms. The maximum Gasteiger partial charge on any atom is 0.338 e. The summed E-state index contributed by atoms with van der Waals surface area (Å²) in [7, 11) is -3.44. The number of nitrogens with zero attached hydrogens (tertiary/aromatic N) is 1. The maximum atomic E-state index is 11.1. The van der Waals surface area contributed by atoms with Crippen LogP contribution in [0.2, 0.25) is 0 Å². The van der Waals surface area contributed by atoms with Crippen molar-refractivity contribution >= 4 is 10.3 Å². The minimum atomic E-state index is -3.44. The zero-order valence-electron chi connectivity index (χ0n) is 7.20. The number of hydrogen-bond acceptors (Lipinski definition) is 3. The molecule has 11 heavy (non-hydrogen) atoms. The molecule has 0 unspecified atom stereocenters. The molecule has 0 bridgehead atoms. The van der Waals surface area contributed by atoms with Crippen LogP contribution < -0.4 is 0 Å². The molecule has 0 aromatic rings. The molecule has 68 valence electrons. The predicted molar refractivity (Wildman–Crippen MR) is 43.5 cm³/mol. The summed E-state index contributed by atoms with van der Waals surface area (Å²) in [6.45, 7) is 6.32. The van der Waals surface area contributed by atoms with E-state index < -0.39 is 10.3 Å². The highest BCUT2D eigenvalue weighted by molar-refractivity contribution is 7.84. The van der Waals surface area contributed by atoms with Gasteiger partial charge in [0.25, 0.3) is 0 Å². The Kier molecular flexibility index (Phi) is 4.63.